The standard InChI is InChI=1S/C26H39N3O8S/c1-25(2,24(30)36-13-11-28-10-12-34-17-26(28)18-35-19-26)16-37-38(31,32)29-15-20(8-9-27(3)4)22-7-6-21(33-5)14-23(22)29/h6-7,14-15H,8-13,16-19H2,1-5H3. The number of ether oxygens (including phenoxy) is 4. The van der Waals surface area contributed by atoms with Crippen molar-refractivity contribution < 1.29 is 36.3 Å². The smallest absolute Gasteiger partial charge is 0.366 e. The molecular formula is C26H39N3O8S. The van der Waals surface area contributed by atoms with Gasteiger partial charge in [0, 0.05) is 37.3 Å². The Labute approximate surface area is 224 Å². The number of esters is 1. The highest BCUT2D eigenvalue weighted by Crippen LogP contribution is 2.30. The topological polar surface area (TPSA) is 109 Å². The van der Waals surface area contributed by atoms with Crippen molar-refractivity contribution in [1.82, 2.24) is 13.8 Å². The van der Waals surface area contributed by atoms with Gasteiger partial charge < -0.3 is 23.8 Å². The van der Waals surface area contributed by atoms with Crippen molar-refractivity contribution in [3.05, 3.63) is 30.0 Å². The SMILES string of the molecule is COc1ccc2c(CCN(C)C)cn(S(=O)(=O)OCC(C)(C)C(=O)OCCN3CCOCC34COC4)c2c1. The fourth-order valence-corrected chi connectivity index (χ4v) is 5.81. The largest absolute Gasteiger partial charge is 0.497 e. The molecule has 212 valence electrons. The second-order valence-corrected chi connectivity index (χ2v) is 12.4. The van der Waals surface area contributed by atoms with Crippen molar-refractivity contribution in [1.29, 1.82) is 0 Å². The summed E-state index contributed by atoms with van der Waals surface area (Å²) in [6, 6.07) is 5.32. The normalized spacial score (nSPS) is 18.2. The Morgan fingerprint density at radius 2 is 1.92 bits per heavy atom. The monoisotopic (exact) mass is 553 g/mol. The van der Waals surface area contributed by atoms with E-state index in [2.05, 4.69) is 4.90 Å². The number of methoxy groups -OCH3 is 1. The van der Waals surface area contributed by atoms with E-state index in [-0.39, 0.29) is 18.8 Å². The van der Waals surface area contributed by atoms with Gasteiger partial charge in [0.05, 0.1) is 56.6 Å². The van der Waals surface area contributed by atoms with Gasteiger partial charge in [0.1, 0.15) is 12.4 Å². The lowest BCUT2D eigenvalue weighted by atomic mass is 9.94. The van der Waals surface area contributed by atoms with E-state index in [0.29, 0.717) is 50.7 Å². The third-order valence-electron chi connectivity index (χ3n) is 7.13. The third-order valence-corrected chi connectivity index (χ3v) is 8.33. The zero-order valence-corrected chi connectivity index (χ0v) is 23.7. The van der Waals surface area contributed by atoms with Gasteiger partial charge in [-0.25, -0.2) is 3.97 Å². The first kappa shape index (κ1) is 28.8. The van der Waals surface area contributed by atoms with E-state index in [0.717, 1.165) is 28.0 Å². The highest BCUT2D eigenvalue weighted by molar-refractivity contribution is 7.85. The maximum atomic E-state index is 13.3. The van der Waals surface area contributed by atoms with Gasteiger partial charge in [-0.05, 0) is 52.1 Å². The van der Waals surface area contributed by atoms with Crippen molar-refractivity contribution in [3.8, 4) is 5.75 Å². The Morgan fingerprint density at radius 3 is 2.58 bits per heavy atom. The van der Waals surface area contributed by atoms with Crippen LogP contribution in [0.1, 0.15) is 19.4 Å². The lowest BCUT2D eigenvalue weighted by Gasteiger charge is -2.51. The van der Waals surface area contributed by atoms with Gasteiger partial charge in [0.15, 0.2) is 0 Å². The minimum absolute atomic E-state index is 0.134. The first-order valence-electron chi connectivity index (χ1n) is 12.8. The molecule has 12 heteroatoms. The summed E-state index contributed by atoms with van der Waals surface area (Å²) in [5.74, 6) is 0.0104. The molecule has 0 atom stereocenters. The quantitative estimate of drug-likeness (QED) is 0.359. The predicted octanol–water partition coefficient (Wildman–Crippen LogP) is 1.53. The lowest BCUT2D eigenvalue weighted by Crippen LogP contribution is -2.68. The molecule has 11 nitrogen and oxygen atoms in total. The maximum Gasteiger partial charge on any atom is 0.366 e. The average Bonchev–Trinajstić information content (AvgIpc) is 3.24. The molecule has 38 heavy (non-hydrogen) atoms. The number of likely N-dealkylation sites (N-methyl/N-ethyl adjacent to an activating group) is 1. The fraction of sp³-hybridized carbons (Fsp3) is 0.654. The summed E-state index contributed by atoms with van der Waals surface area (Å²) >= 11 is 0. The van der Waals surface area contributed by atoms with Gasteiger partial charge in [-0.2, -0.15) is 8.42 Å². The zero-order chi connectivity index (χ0) is 27.6. The summed E-state index contributed by atoms with van der Waals surface area (Å²) in [5.41, 5.74) is 0.0206. The van der Waals surface area contributed by atoms with Gasteiger partial charge in [-0.1, -0.05) is 0 Å². The fourth-order valence-electron chi connectivity index (χ4n) is 4.60. The van der Waals surface area contributed by atoms with Gasteiger partial charge in [-0.15, -0.1) is 0 Å². The Bertz CT molecular complexity index is 1240. The molecule has 0 N–H and O–H groups in total. The van der Waals surface area contributed by atoms with E-state index in [1.807, 2.05) is 25.1 Å². The molecule has 1 spiro atoms. The van der Waals surface area contributed by atoms with Crippen LogP contribution in [0.2, 0.25) is 0 Å². The molecule has 2 aliphatic heterocycles. The molecule has 0 amide bonds. The molecule has 2 saturated heterocycles. The van der Waals surface area contributed by atoms with Crippen LogP contribution in [0.5, 0.6) is 5.75 Å². The summed E-state index contributed by atoms with van der Waals surface area (Å²) in [5, 5.41) is 0.802. The summed E-state index contributed by atoms with van der Waals surface area (Å²) in [7, 11) is 1.21. The minimum Gasteiger partial charge on any atom is -0.497 e. The number of hydrogen-bond donors (Lipinski definition) is 0. The Kier molecular flexibility index (Phi) is 8.70. The van der Waals surface area contributed by atoms with Crippen LogP contribution in [0, 0.1) is 5.41 Å². The number of fused-ring (bicyclic) bond motifs is 1. The Balaban J connectivity index is 1.40. The second kappa shape index (κ2) is 11.5. The van der Waals surface area contributed by atoms with Crippen LogP contribution in [0.3, 0.4) is 0 Å². The summed E-state index contributed by atoms with van der Waals surface area (Å²) < 4.78 is 55.0. The molecule has 0 aliphatic carbocycles. The van der Waals surface area contributed by atoms with Gasteiger partial charge in [0.25, 0.3) is 0 Å². The highest BCUT2D eigenvalue weighted by Gasteiger charge is 2.46. The van der Waals surface area contributed by atoms with Crippen LogP contribution < -0.4 is 4.74 Å². The molecular weight excluding hydrogens is 514 g/mol. The van der Waals surface area contributed by atoms with Gasteiger partial charge >= 0.3 is 16.3 Å². The number of morpholine rings is 1. The summed E-state index contributed by atoms with van der Waals surface area (Å²) in [4.78, 5) is 17.1. The first-order valence-corrected chi connectivity index (χ1v) is 14.1. The van der Waals surface area contributed by atoms with Crippen LogP contribution in [0.15, 0.2) is 24.4 Å². The van der Waals surface area contributed by atoms with Crippen molar-refractivity contribution in [2.45, 2.75) is 25.8 Å². The second-order valence-electron chi connectivity index (χ2n) is 10.9. The van der Waals surface area contributed by atoms with Crippen molar-refractivity contribution in [2.24, 2.45) is 5.41 Å². The number of carbonyl (C=O) groups is 1. The van der Waals surface area contributed by atoms with Crippen molar-refractivity contribution in [3.63, 3.8) is 0 Å². The van der Waals surface area contributed by atoms with Crippen LogP contribution in [0.4, 0.5) is 0 Å². The average molecular weight is 554 g/mol. The third kappa shape index (κ3) is 6.16. The number of benzene rings is 1. The highest BCUT2D eigenvalue weighted by atomic mass is 32.2. The predicted molar refractivity (Wildman–Crippen MR) is 142 cm³/mol. The molecule has 0 radical (unpaired) electrons. The molecule has 4 rings (SSSR count). The molecule has 1 aromatic heterocycles. The molecule has 0 unspecified atom stereocenters. The molecule has 2 fully saturated rings. The molecule has 1 aromatic carbocycles. The number of hydrogen-bond acceptors (Lipinski definition) is 10. The van der Waals surface area contributed by atoms with Crippen LogP contribution >= 0.6 is 0 Å². The number of rotatable bonds is 12. The molecule has 0 saturated carbocycles. The first-order chi connectivity index (χ1) is 18.0. The molecule has 2 aromatic rings. The summed E-state index contributed by atoms with van der Waals surface area (Å²) in [6.07, 6.45) is 2.24. The zero-order valence-electron chi connectivity index (χ0n) is 22.9. The molecule has 3 heterocycles. The van der Waals surface area contributed by atoms with E-state index >= 15 is 0 Å². The number of nitrogens with zero attached hydrogens (tertiary/aromatic N) is 3. The summed E-state index contributed by atoms with van der Waals surface area (Å²) in [6.45, 7) is 7.55. The Morgan fingerprint density at radius 1 is 1.18 bits per heavy atom. The van der Waals surface area contributed by atoms with E-state index in [9.17, 15) is 13.2 Å². The van der Waals surface area contributed by atoms with Crippen molar-refractivity contribution >= 4 is 27.2 Å². The minimum atomic E-state index is -4.24. The van der Waals surface area contributed by atoms with Gasteiger partial charge in [-0.3, -0.25) is 13.9 Å². The number of aromatic nitrogens is 1. The molecule has 0 bridgehead atoms. The Hall–Kier alpha value is -2.22. The van der Waals surface area contributed by atoms with Crippen LogP contribution in [0.25, 0.3) is 10.9 Å². The molecule has 2 aliphatic rings. The van der Waals surface area contributed by atoms with E-state index in [4.69, 9.17) is 23.1 Å². The van der Waals surface area contributed by atoms with E-state index in [1.165, 1.54) is 7.11 Å². The number of carbonyl (C=O) groups excluding carboxylic acids is 1. The van der Waals surface area contributed by atoms with Crippen molar-refractivity contribution in [2.75, 3.05) is 80.5 Å². The van der Waals surface area contributed by atoms with Crippen LogP contribution in [-0.4, -0.2) is 114 Å². The lowest BCUT2D eigenvalue weighted by molar-refractivity contribution is -0.200. The maximum absolute atomic E-state index is 13.3. The van der Waals surface area contributed by atoms with Crippen LogP contribution in [-0.2, 0) is 39.9 Å². The van der Waals surface area contributed by atoms with E-state index < -0.39 is 21.7 Å². The van der Waals surface area contributed by atoms with Gasteiger partial charge in [0.2, 0.25) is 0 Å². The van der Waals surface area contributed by atoms with E-state index in [1.54, 1.807) is 32.2 Å².